The Hall–Kier alpha value is -2.21. The van der Waals surface area contributed by atoms with Crippen molar-refractivity contribution in [1.82, 2.24) is 20.4 Å². The molecule has 1 saturated heterocycles. The molecule has 25 heavy (non-hydrogen) atoms. The van der Waals surface area contributed by atoms with Crippen molar-refractivity contribution in [3.05, 3.63) is 52.6 Å². The molecule has 5 nitrogen and oxygen atoms in total. The average molecular weight is 344 g/mol. The van der Waals surface area contributed by atoms with Gasteiger partial charge in [-0.1, -0.05) is 18.2 Å². The molecule has 2 aromatic rings. The minimum atomic E-state index is -0.167. The molecule has 0 bridgehead atoms. The summed E-state index contributed by atoms with van der Waals surface area (Å²) >= 11 is 0. The largest absolute Gasteiger partial charge is 0.352 e. The molecule has 1 aliphatic heterocycles. The van der Waals surface area contributed by atoms with Crippen LogP contribution in [0.1, 0.15) is 35.4 Å². The Balaban J connectivity index is 1.55. The number of H-pyrrole nitrogens is 1. The maximum atomic E-state index is 13.8. The first-order valence-electron chi connectivity index (χ1n) is 8.78. The molecular weight excluding hydrogens is 319 g/mol. The average Bonchev–Trinajstić information content (AvgIpc) is 2.89. The number of benzene rings is 1. The molecule has 1 amide bonds. The van der Waals surface area contributed by atoms with Crippen molar-refractivity contribution < 1.29 is 9.18 Å². The van der Waals surface area contributed by atoms with Crippen LogP contribution in [0.5, 0.6) is 0 Å². The molecule has 0 aliphatic carbocycles. The van der Waals surface area contributed by atoms with E-state index in [1.165, 1.54) is 6.07 Å². The number of aromatic nitrogens is 2. The Labute approximate surface area is 147 Å². The van der Waals surface area contributed by atoms with Crippen LogP contribution >= 0.6 is 0 Å². The molecule has 1 fully saturated rings. The molecule has 0 radical (unpaired) electrons. The molecule has 1 atom stereocenters. The summed E-state index contributed by atoms with van der Waals surface area (Å²) in [5, 5.41) is 10.2. The second-order valence-electron chi connectivity index (χ2n) is 6.82. The third kappa shape index (κ3) is 4.45. The predicted molar refractivity (Wildman–Crippen MR) is 94.6 cm³/mol. The number of carbonyl (C=O) groups is 1. The Morgan fingerprint density at radius 3 is 2.92 bits per heavy atom. The molecule has 1 aromatic carbocycles. The lowest BCUT2D eigenvalue weighted by Gasteiger charge is -2.33. The molecule has 0 unspecified atom stereocenters. The van der Waals surface area contributed by atoms with E-state index < -0.39 is 0 Å². The van der Waals surface area contributed by atoms with Gasteiger partial charge in [0.15, 0.2) is 0 Å². The van der Waals surface area contributed by atoms with Gasteiger partial charge in [-0.2, -0.15) is 5.10 Å². The van der Waals surface area contributed by atoms with Crippen LogP contribution < -0.4 is 5.32 Å². The van der Waals surface area contributed by atoms with Crippen LogP contribution in [0.25, 0.3) is 0 Å². The van der Waals surface area contributed by atoms with Crippen LogP contribution in [0.3, 0.4) is 0 Å². The molecule has 1 aliphatic rings. The highest BCUT2D eigenvalue weighted by Crippen LogP contribution is 2.16. The third-order valence-corrected chi connectivity index (χ3v) is 4.84. The lowest BCUT2D eigenvalue weighted by molar-refractivity contribution is -0.121. The fourth-order valence-electron chi connectivity index (χ4n) is 3.46. The van der Waals surface area contributed by atoms with E-state index in [2.05, 4.69) is 20.4 Å². The van der Waals surface area contributed by atoms with E-state index >= 15 is 0 Å². The standard InChI is InChI=1S/C19H25FN4O/c1-13-17(14(2)23-22-13)10-19(25)21-16-7-5-9-24(12-16)11-15-6-3-4-8-18(15)20/h3-4,6,8,16H,5,7,9-12H2,1-2H3,(H,21,25)(H,22,23)/t16-/m0/s1. The monoisotopic (exact) mass is 344 g/mol. The first kappa shape index (κ1) is 17.6. The van der Waals surface area contributed by atoms with Gasteiger partial charge in [-0.15, -0.1) is 0 Å². The van der Waals surface area contributed by atoms with Crippen LogP contribution in [-0.2, 0) is 17.8 Å². The zero-order valence-corrected chi connectivity index (χ0v) is 14.8. The Morgan fingerprint density at radius 1 is 1.40 bits per heavy atom. The Kier molecular flexibility index (Phi) is 5.48. The summed E-state index contributed by atoms with van der Waals surface area (Å²) in [4.78, 5) is 14.6. The Bertz CT molecular complexity index is 723. The number of piperidine rings is 1. The van der Waals surface area contributed by atoms with Crippen molar-refractivity contribution in [1.29, 1.82) is 0 Å². The van der Waals surface area contributed by atoms with E-state index in [1.54, 1.807) is 6.07 Å². The highest BCUT2D eigenvalue weighted by Gasteiger charge is 2.22. The van der Waals surface area contributed by atoms with E-state index in [9.17, 15) is 9.18 Å². The van der Waals surface area contributed by atoms with Gasteiger partial charge in [0.25, 0.3) is 0 Å². The smallest absolute Gasteiger partial charge is 0.224 e. The second-order valence-corrected chi connectivity index (χ2v) is 6.82. The topological polar surface area (TPSA) is 61.0 Å². The first-order chi connectivity index (χ1) is 12.0. The van der Waals surface area contributed by atoms with Crippen molar-refractivity contribution in [3.63, 3.8) is 0 Å². The highest BCUT2D eigenvalue weighted by atomic mass is 19.1. The van der Waals surface area contributed by atoms with E-state index in [-0.39, 0.29) is 17.8 Å². The van der Waals surface area contributed by atoms with E-state index in [0.29, 0.717) is 18.5 Å². The predicted octanol–water partition coefficient (Wildman–Crippen LogP) is 2.49. The normalized spacial score (nSPS) is 18.3. The van der Waals surface area contributed by atoms with Crippen LogP contribution in [0, 0.1) is 19.7 Å². The SMILES string of the molecule is Cc1n[nH]c(C)c1CC(=O)N[C@H]1CCCN(Cc2ccccc2F)C1. The van der Waals surface area contributed by atoms with E-state index in [1.807, 2.05) is 26.0 Å². The molecule has 2 N–H and O–H groups in total. The van der Waals surface area contributed by atoms with Crippen LogP contribution in [0.2, 0.25) is 0 Å². The third-order valence-electron chi connectivity index (χ3n) is 4.84. The number of hydrogen-bond acceptors (Lipinski definition) is 3. The molecule has 6 heteroatoms. The highest BCUT2D eigenvalue weighted by molar-refractivity contribution is 5.79. The molecule has 0 spiro atoms. The number of aromatic amines is 1. The number of aryl methyl sites for hydroxylation is 2. The zero-order valence-electron chi connectivity index (χ0n) is 14.8. The second kappa shape index (κ2) is 7.78. The van der Waals surface area contributed by atoms with Crippen LogP contribution in [-0.4, -0.2) is 40.1 Å². The number of rotatable bonds is 5. The lowest BCUT2D eigenvalue weighted by atomic mass is 10.0. The van der Waals surface area contributed by atoms with Crippen molar-refractivity contribution in [2.45, 2.75) is 45.7 Å². The number of nitrogens with one attached hydrogen (secondary N) is 2. The quantitative estimate of drug-likeness (QED) is 0.876. The summed E-state index contributed by atoms with van der Waals surface area (Å²) in [5.74, 6) is -0.148. The summed E-state index contributed by atoms with van der Waals surface area (Å²) < 4.78 is 13.8. The van der Waals surface area contributed by atoms with Gasteiger partial charge in [-0.3, -0.25) is 14.8 Å². The van der Waals surface area contributed by atoms with Crippen molar-refractivity contribution >= 4 is 5.91 Å². The van der Waals surface area contributed by atoms with Gasteiger partial charge in [0, 0.05) is 36.0 Å². The molecule has 3 rings (SSSR count). The molecule has 134 valence electrons. The van der Waals surface area contributed by atoms with Gasteiger partial charge in [0.1, 0.15) is 5.82 Å². The fraction of sp³-hybridized carbons (Fsp3) is 0.474. The molecule has 2 heterocycles. The van der Waals surface area contributed by atoms with Gasteiger partial charge in [-0.05, 0) is 39.3 Å². The number of likely N-dealkylation sites (tertiary alicyclic amines) is 1. The zero-order chi connectivity index (χ0) is 17.8. The number of hydrogen-bond donors (Lipinski definition) is 2. The molecular formula is C19H25FN4O. The summed E-state index contributed by atoms with van der Waals surface area (Å²) in [6.07, 6.45) is 2.31. The Morgan fingerprint density at radius 2 is 2.20 bits per heavy atom. The maximum absolute atomic E-state index is 13.8. The minimum Gasteiger partial charge on any atom is -0.352 e. The fourth-order valence-corrected chi connectivity index (χ4v) is 3.46. The number of halogens is 1. The van der Waals surface area contributed by atoms with Gasteiger partial charge >= 0.3 is 0 Å². The van der Waals surface area contributed by atoms with Crippen molar-refractivity contribution in [2.24, 2.45) is 0 Å². The number of amides is 1. The number of nitrogens with zero attached hydrogens (tertiary/aromatic N) is 2. The van der Waals surface area contributed by atoms with Crippen molar-refractivity contribution in [2.75, 3.05) is 13.1 Å². The number of carbonyl (C=O) groups excluding carboxylic acids is 1. The van der Waals surface area contributed by atoms with Gasteiger partial charge in [-0.25, -0.2) is 4.39 Å². The lowest BCUT2D eigenvalue weighted by Crippen LogP contribution is -2.47. The van der Waals surface area contributed by atoms with E-state index in [4.69, 9.17) is 0 Å². The summed E-state index contributed by atoms with van der Waals surface area (Å²) in [6.45, 7) is 6.10. The summed E-state index contributed by atoms with van der Waals surface area (Å²) in [6, 6.07) is 6.99. The van der Waals surface area contributed by atoms with Crippen LogP contribution in [0.15, 0.2) is 24.3 Å². The maximum Gasteiger partial charge on any atom is 0.224 e. The summed E-state index contributed by atoms with van der Waals surface area (Å²) in [7, 11) is 0. The summed E-state index contributed by atoms with van der Waals surface area (Å²) in [5.41, 5.74) is 3.49. The van der Waals surface area contributed by atoms with Gasteiger partial charge < -0.3 is 5.32 Å². The van der Waals surface area contributed by atoms with E-state index in [0.717, 1.165) is 42.9 Å². The van der Waals surface area contributed by atoms with Gasteiger partial charge in [0.2, 0.25) is 5.91 Å². The minimum absolute atomic E-state index is 0.0188. The van der Waals surface area contributed by atoms with Crippen LogP contribution in [0.4, 0.5) is 4.39 Å². The molecule has 1 aromatic heterocycles. The first-order valence-corrected chi connectivity index (χ1v) is 8.78. The van der Waals surface area contributed by atoms with Crippen molar-refractivity contribution in [3.8, 4) is 0 Å². The molecule has 0 saturated carbocycles. The van der Waals surface area contributed by atoms with Gasteiger partial charge in [0.05, 0.1) is 12.1 Å².